The molecule has 9 nitrogen and oxygen atoms in total. The number of rotatable bonds is 8. The lowest BCUT2D eigenvalue weighted by atomic mass is 9.87. The number of hydrogen-bond donors (Lipinski definition) is 2. The van der Waals surface area contributed by atoms with Gasteiger partial charge in [-0.1, -0.05) is 12.1 Å². The van der Waals surface area contributed by atoms with E-state index in [4.69, 9.17) is 18.6 Å². The second kappa shape index (κ2) is 11.1. The number of furan rings is 1. The van der Waals surface area contributed by atoms with Crippen molar-refractivity contribution >= 4 is 11.9 Å². The minimum absolute atomic E-state index is 0.249. The van der Waals surface area contributed by atoms with Gasteiger partial charge in [0.25, 0.3) is 0 Å². The molecule has 2 heterocycles. The molecular weight excluding hydrogens is 462 g/mol. The van der Waals surface area contributed by atoms with Crippen molar-refractivity contribution in [1.29, 1.82) is 0 Å². The maximum atomic E-state index is 13.5. The lowest BCUT2D eigenvalue weighted by molar-refractivity contribution is -0.122. The summed E-state index contributed by atoms with van der Waals surface area (Å²) >= 11 is 0. The molecule has 3 amide bonds. The first-order valence-corrected chi connectivity index (χ1v) is 11.7. The summed E-state index contributed by atoms with van der Waals surface area (Å²) in [5, 5.41) is 5.63. The van der Waals surface area contributed by atoms with Gasteiger partial charge in [-0.2, -0.15) is 0 Å². The van der Waals surface area contributed by atoms with E-state index >= 15 is 0 Å². The molecule has 0 bridgehead atoms. The third-order valence-corrected chi connectivity index (χ3v) is 6.32. The van der Waals surface area contributed by atoms with Crippen LogP contribution in [0, 0.1) is 0 Å². The fourth-order valence-electron chi connectivity index (χ4n) is 4.38. The lowest BCUT2D eigenvalue weighted by Crippen LogP contribution is -2.52. The van der Waals surface area contributed by atoms with Crippen LogP contribution >= 0.6 is 0 Å². The van der Waals surface area contributed by atoms with Crippen molar-refractivity contribution in [2.75, 3.05) is 27.9 Å². The maximum absolute atomic E-state index is 13.5. The SMILES string of the molecule is COc1ccc([C@H]2c3cc(OC)c(OC)cc3CCN2C(=O)N[C@H](C)C(=O)NCc2ccco2)cc1. The molecule has 0 unspecified atom stereocenters. The highest BCUT2D eigenvalue weighted by atomic mass is 16.5. The molecule has 1 aliphatic heterocycles. The smallest absolute Gasteiger partial charge is 0.318 e. The van der Waals surface area contributed by atoms with Crippen LogP contribution in [0.3, 0.4) is 0 Å². The van der Waals surface area contributed by atoms with Gasteiger partial charge < -0.3 is 34.2 Å². The summed E-state index contributed by atoms with van der Waals surface area (Å²) < 4.78 is 21.6. The Morgan fingerprint density at radius 1 is 1.06 bits per heavy atom. The van der Waals surface area contributed by atoms with E-state index in [1.165, 1.54) is 0 Å². The van der Waals surface area contributed by atoms with Crippen LogP contribution in [0.2, 0.25) is 0 Å². The highest BCUT2D eigenvalue weighted by molar-refractivity contribution is 5.87. The second-order valence-electron chi connectivity index (χ2n) is 8.49. The van der Waals surface area contributed by atoms with Crippen LogP contribution in [0.4, 0.5) is 4.79 Å². The molecule has 3 aromatic rings. The van der Waals surface area contributed by atoms with E-state index in [-0.39, 0.29) is 18.5 Å². The van der Waals surface area contributed by atoms with E-state index in [2.05, 4.69) is 10.6 Å². The van der Waals surface area contributed by atoms with Gasteiger partial charge in [-0.15, -0.1) is 0 Å². The quantitative estimate of drug-likeness (QED) is 0.497. The van der Waals surface area contributed by atoms with Gasteiger partial charge in [-0.25, -0.2) is 4.79 Å². The number of carbonyl (C=O) groups is 2. The molecule has 2 atom stereocenters. The fraction of sp³-hybridized carbons (Fsp3) is 0.333. The molecule has 190 valence electrons. The summed E-state index contributed by atoms with van der Waals surface area (Å²) in [6.45, 7) is 2.37. The minimum Gasteiger partial charge on any atom is -0.497 e. The van der Waals surface area contributed by atoms with E-state index in [0.29, 0.717) is 30.2 Å². The van der Waals surface area contributed by atoms with E-state index in [1.54, 1.807) is 51.5 Å². The van der Waals surface area contributed by atoms with Crippen molar-refractivity contribution < 1.29 is 28.2 Å². The molecule has 1 aliphatic rings. The standard InChI is InChI=1S/C27H31N3O6/c1-17(26(31)28-16-21-6-5-13-36-21)29-27(32)30-12-11-19-14-23(34-3)24(35-4)15-22(19)25(30)18-7-9-20(33-2)10-8-18/h5-10,13-15,17,25H,11-12,16H2,1-4H3,(H,28,31)(H,29,32)/t17-,25+/m1/s1. The number of hydrogen-bond acceptors (Lipinski definition) is 6. The van der Waals surface area contributed by atoms with Crippen molar-refractivity contribution in [3.63, 3.8) is 0 Å². The van der Waals surface area contributed by atoms with Crippen molar-refractivity contribution in [2.24, 2.45) is 0 Å². The van der Waals surface area contributed by atoms with Gasteiger partial charge in [0.05, 0.1) is 40.2 Å². The molecule has 36 heavy (non-hydrogen) atoms. The molecule has 1 aromatic heterocycles. The number of fused-ring (bicyclic) bond motifs is 1. The van der Waals surface area contributed by atoms with Gasteiger partial charge in [-0.05, 0) is 66.4 Å². The third kappa shape index (κ3) is 5.25. The van der Waals surface area contributed by atoms with Crippen LogP contribution < -0.4 is 24.8 Å². The second-order valence-corrected chi connectivity index (χ2v) is 8.49. The summed E-state index contributed by atoms with van der Waals surface area (Å²) in [5.74, 6) is 2.29. The van der Waals surface area contributed by atoms with Gasteiger partial charge >= 0.3 is 6.03 Å². The number of ether oxygens (including phenoxy) is 3. The van der Waals surface area contributed by atoms with Crippen LogP contribution in [0.15, 0.2) is 59.2 Å². The van der Waals surface area contributed by atoms with Gasteiger partial charge in [0, 0.05) is 6.54 Å². The molecule has 9 heteroatoms. The zero-order chi connectivity index (χ0) is 25.7. The first-order valence-electron chi connectivity index (χ1n) is 11.7. The van der Waals surface area contributed by atoms with Crippen LogP contribution in [-0.4, -0.2) is 50.8 Å². The molecule has 0 saturated heterocycles. The van der Waals surface area contributed by atoms with Crippen molar-refractivity contribution in [3.8, 4) is 17.2 Å². The van der Waals surface area contributed by atoms with E-state index < -0.39 is 12.1 Å². The van der Waals surface area contributed by atoms with Crippen LogP contribution in [-0.2, 0) is 17.8 Å². The summed E-state index contributed by atoms with van der Waals surface area (Å²) in [7, 11) is 4.80. The Morgan fingerprint density at radius 3 is 2.42 bits per heavy atom. The number of methoxy groups -OCH3 is 3. The Hall–Kier alpha value is -4.14. The first kappa shape index (κ1) is 25.0. The van der Waals surface area contributed by atoms with E-state index in [9.17, 15) is 9.59 Å². The Kier molecular flexibility index (Phi) is 7.68. The number of nitrogens with zero attached hydrogens (tertiary/aromatic N) is 1. The molecule has 0 spiro atoms. The summed E-state index contributed by atoms with van der Waals surface area (Å²) in [4.78, 5) is 27.8. The summed E-state index contributed by atoms with van der Waals surface area (Å²) in [6.07, 6.45) is 2.18. The first-order chi connectivity index (χ1) is 17.4. The van der Waals surface area contributed by atoms with E-state index in [0.717, 1.165) is 22.4 Å². The van der Waals surface area contributed by atoms with Gasteiger partial charge in [0.2, 0.25) is 5.91 Å². The van der Waals surface area contributed by atoms with Gasteiger partial charge in [0.1, 0.15) is 17.6 Å². The number of benzene rings is 2. The summed E-state index contributed by atoms with van der Waals surface area (Å²) in [6, 6.07) is 13.6. The third-order valence-electron chi connectivity index (χ3n) is 6.32. The molecule has 0 saturated carbocycles. The van der Waals surface area contributed by atoms with Gasteiger partial charge in [-0.3, -0.25) is 4.79 Å². The Bertz CT molecular complexity index is 1190. The van der Waals surface area contributed by atoms with Crippen LogP contribution in [0.25, 0.3) is 0 Å². The van der Waals surface area contributed by atoms with Crippen LogP contribution in [0.5, 0.6) is 17.2 Å². The average Bonchev–Trinajstić information content (AvgIpc) is 3.43. The zero-order valence-corrected chi connectivity index (χ0v) is 20.9. The van der Waals surface area contributed by atoms with Crippen molar-refractivity contribution in [3.05, 3.63) is 77.2 Å². The predicted molar refractivity (Wildman–Crippen MR) is 133 cm³/mol. The topological polar surface area (TPSA) is 102 Å². The lowest BCUT2D eigenvalue weighted by Gasteiger charge is -2.38. The molecule has 4 rings (SSSR count). The largest absolute Gasteiger partial charge is 0.497 e. The molecule has 0 aliphatic carbocycles. The summed E-state index contributed by atoms with van der Waals surface area (Å²) in [5.41, 5.74) is 2.92. The Balaban J connectivity index is 1.59. The molecule has 2 N–H and O–H groups in total. The number of urea groups is 1. The number of carbonyl (C=O) groups excluding carboxylic acids is 2. The molecule has 0 radical (unpaired) electrons. The zero-order valence-electron chi connectivity index (χ0n) is 20.9. The Morgan fingerprint density at radius 2 is 1.78 bits per heavy atom. The fourth-order valence-corrected chi connectivity index (χ4v) is 4.38. The normalized spacial score (nSPS) is 15.4. The van der Waals surface area contributed by atoms with Gasteiger partial charge in [0.15, 0.2) is 11.5 Å². The van der Waals surface area contributed by atoms with Crippen molar-refractivity contribution in [1.82, 2.24) is 15.5 Å². The highest BCUT2D eigenvalue weighted by Crippen LogP contribution is 2.41. The Labute approximate surface area is 210 Å². The van der Waals surface area contributed by atoms with E-state index in [1.807, 2.05) is 36.4 Å². The van der Waals surface area contributed by atoms with Crippen LogP contribution in [0.1, 0.15) is 35.4 Å². The molecule has 0 fully saturated rings. The van der Waals surface area contributed by atoms with Crippen molar-refractivity contribution in [2.45, 2.75) is 32.0 Å². The molecule has 2 aromatic carbocycles. The monoisotopic (exact) mass is 493 g/mol. The molecular formula is C27H31N3O6. The average molecular weight is 494 g/mol. The highest BCUT2D eigenvalue weighted by Gasteiger charge is 2.34. The maximum Gasteiger partial charge on any atom is 0.318 e. The minimum atomic E-state index is -0.740. The number of amides is 3. The number of nitrogens with one attached hydrogen (secondary N) is 2. The predicted octanol–water partition coefficient (Wildman–Crippen LogP) is 3.67.